The maximum Gasteiger partial charge on any atom is 0.192 e. The SMILES string of the molecule is Cc1[nH]c2c(Cl)cc(Cl)cc2c(=O)c1CCC#N. The van der Waals surface area contributed by atoms with Gasteiger partial charge in [0.05, 0.1) is 16.6 Å². The number of nitriles is 1. The molecule has 0 aliphatic rings. The molecule has 0 spiro atoms. The summed E-state index contributed by atoms with van der Waals surface area (Å²) in [4.78, 5) is 15.4. The van der Waals surface area contributed by atoms with Crippen LogP contribution in [0.2, 0.25) is 10.0 Å². The average molecular weight is 281 g/mol. The summed E-state index contributed by atoms with van der Waals surface area (Å²) >= 11 is 12.0. The van der Waals surface area contributed by atoms with Gasteiger partial charge in [0.15, 0.2) is 5.43 Å². The molecule has 0 unspecified atom stereocenters. The van der Waals surface area contributed by atoms with E-state index in [0.717, 1.165) is 5.69 Å². The summed E-state index contributed by atoms with van der Waals surface area (Å²) in [5, 5.41) is 9.92. The van der Waals surface area contributed by atoms with Crippen molar-refractivity contribution in [1.82, 2.24) is 4.98 Å². The maximum atomic E-state index is 12.3. The van der Waals surface area contributed by atoms with Gasteiger partial charge >= 0.3 is 0 Å². The van der Waals surface area contributed by atoms with Crippen molar-refractivity contribution in [2.75, 3.05) is 0 Å². The Hall–Kier alpha value is -1.50. The lowest BCUT2D eigenvalue weighted by Crippen LogP contribution is -2.13. The molecule has 0 bridgehead atoms. The van der Waals surface area contributed by atoms with Crippen LogP contribution in [0.25, 0.3) is 10.9 Å². The molecular formula is C13H10Cl2N2O. The zero-order chi connectivity index (χ0) is 13.3. The van der Waals surface area contributed by atoms with Crippen LogP contribution < -0.4 is 5.43 Å². The number of fused-ring (bicyclic) bond motifs is 1. The molecule has 2 aromatic rings. The lowest BCUT2D eigenvalue weighted by Gasteiger charge is -2.08. The van der Waals surface area contributed by atoms with Gasteiger partial charge in [-0.3, -0.25) is 4.79 Å². The lowest BCUT2D eigenvalue weighted by atomic mass is 10.0. The van der Waals surface area contributed by atoms with E-state index in [4.69, 9.17) is 28.5 Å². The van der Waals surface area contributed by atoms with Crippen LogP contribution in [0.5, 0.6) is 0 Å². The number of halogens is 2. The van der Waals surface area contributed by atoms with Crippen LogP contribution >= 0.6 is 23.2 Å². The molecule has 1 N–H and O–H groups in total. The molecule has 0 radical (unpaired) electrons. The van der Waals surface area contributed by atoms with Crippen LogP contribution in [-0.2, 0) is 6.42 Å². The van der Waals surface area contributed by atoms with E-state index in [0.29, 0.717) is 39.4 Å². The average Bonchev–Trinajstić information content (AvgIpc) is 2.31. The number of aromatic nitrogens is 1. The third-order valence-electron chi connectivity index (χ3n) is 2.83. The Balaban J connectivity index is 2.77. The molecular weight excluding hydrogens is 271 g/mol. The van der Waals surface area contributed by atoms with Gasteiger partial charge in [0.1, 0.15) is 0 Å². The van der Waals surface area contributed by atoms with Gasteiger partial charge in [0, 0.05) is 28.1 Å². The minimum Gasteiger partial charge on any atom is -0.357 e. The summed E-state index contributed by atoms with van der Waals surface area (Å²) in [7, 11) is 0. The molecule has 0 saturated heterocycles. The van der Waals surface area contributed by atoms with Gasteiger partial charge < -0.3 is 4.98 Å². The van der Waals surface area contributed by atoms with Crippen molar-refractivity contribution < 1.29 is 0 Å². The predicted octanol–water partition coefficient (Wildman–Crippen LogP) is 3.60. The Morgan fingerprint density at radius 3 is 2.78 bits per heavy atom. The van der Waals surface area contributed by atoms with Crippen LogP contribution in [-0.4, -0.2) is 4.98 Å². The van der Waals surface area contributed by atoms with Gasteiger partial charge in [-0.1, -0.05) is 23.2 Å². The number of aromatic amines is 1. The molecule has 1 heterocycles. The third kappa shape index (κ3) is 2.22. The minimum absolute atomic E-state index is 0.110. The zero-order valence-corrected chi connectivity index (χ0v) is 11.2. The smallest absolute Gasteiger partial charge is 0.192 e. The molecule has 18 heavy (non-hydrogen) atoms. The normalized spacial score (nSPS) is 10.6. The Labute approximate surface area is 114 Å². The van der Waals surface area contributed by atoms with E-state index >= 15 is 0 Å². The van der Waals surface area contributed by atoms with E-state index < -0.39 is 0 Å². The molecule has 0 saturated carbocycles. The van der Waals surface area contributed by atoms with E-state index in [-0.39, 0.29) is 5.43 Å². The summed E-state index contributed by atoms with van der Waals surface area (Å²) in [6, 6.07) is 5.22. The molecule has 0 atom stereocenters. The van der Waals surface area contributed by atoms with Gasteiger partial charge in [-0.2, -0.15) is 5.26 Å². The first-order valence-electron chi connectivity index (χ1n) is 5.42. The highest BCUT2D eigenvalue weighted by Crippen LogP contribution is 2.25. The van der Waals surface area contributed by atoms with E-state index in [1.807, 2.05) is 6.07 Å². The van der Waals surface area contributed by atoms with Crippen LogP contribution in [0.15, 0.2) is 16.9 Å². The summed E-state index contributed by atoms with van der Waals surface area (Å²) < 4.78 is 0. The predicted molar refractivity (Wildman–Crippen MR) is 73.3 cm³/mol. The fourth-order valence-corrected chi connectivity index (χ4v) is 2.50. The molecule has 0 aliphatic heterocycles. The number of rotatable bonds is 2. The zero-order valence-electron chi connectivity index (χ0n) is 9.68. The first-order valence-corrected chi connectivity index (χ1v) is 6.17. The van der Waals surface area contributed by atoms with Crippen LogP contribution in [0.4, 0.5) is 0 Å². The Kier molecular flexibility index (Phi) is 3.60. The number of hydrogen-bond acceptors (Lipinski definition) is 2. The number of nitrogens with zero attached hydrogens (tertiary/aromatic N) is 1. The summed E-state index contributed by atoms with van der Waals surface area (Å²) in [5.41, 5.74) is 1.83. The van der Waals surface area contributed by atoms with Gasteiger partial charge in [0.25, 0.3) is 0 Å². The first-order chi connectivity index (χ1) is 8.54. The fraction of sp³-hybridized carbons (Fsp3) is 0.231. The number of hydrogen-bond donors (Lipinski definition) is 1. The molecule has 3 nitrogen and oxygen atoms in total. The van der Waals surface area contributed by atoms with E-state index in [1.54, 1.807) is 19.1 Å². The van der Waals surface area contributed by atoms with Crippen molar-refractivity contribution in [3.63, 3.8) is 0 Å². The van der Waals surface area contributed by atoms with Crippen molar-refractivity contribution in [3.05, 3.63) is 43.7 Å². The highest BCUT2D eigenvalue weighted by atomic mass is 35.5. The van der Waals surface area contributed by atoms with Crippen molar-refractivity contribution in [2.45, 2.75) is 19.8 Å². The Bertz CT molecular complexity index is 713. The number of pyridine rings is 1. The van der Waals surface area contributed by atoms with Gasteiger partial charge in [0.2, 0.25) is 0 Å². The number of nitrogens with one attached hydrogen (secondary N) is 1. The molecule has 1 aromatic carbocycles. The van der Waals surface area contributed by atoms with Crippen molar-refractivity contribution in [1.29, 1.82) is 5.26 Å². The number of H-pyrrole nitrogens is 1. The quantitative estimate of drug-likeness (QED) is 0.914. The lowest BCUT2D eigenvalue weighted by molar-refractivity contribution is 0.967. The molecule has 0 aliphatic carbocycles. The molecule has 2 rings (SSSR count). The summed E-state index contributed by atoms with van der Waals surface area (Å²) in [5.74, 6) is 0. The fourth-order valence-electron chi connectivity index (χ4n) is 1.96. The highest BCUT2D eigenvalue weighted by Gasteiger charge is 2.12. The Morgan fingerprint density at radius 2 is 2.11 bits per heavy atom. The van der Waals surface area contributed by atoms with Gasteiger partial charge in [-0.25, -0.2) is 0 Å². The largest absolute Gasteiger partial charge is 0.357 e. The van der Waals surface area contributed by atoms with Gasteiger partial charge in [-0.15, -0.1) is 0 Å². The van der Waals surface area contributed by atoms with Crippen molar-refractivity contribution >= 4 is 34.1 Å². The molecule has 92 valence electrons. The highest BCUT2D eigenvalue weighted by molar-refractivity contribution is 6.38. The summed E-state index contributed by atoms with van der Waals surface area (Å²) in [6.45, 7) is 1.80. The van der Waals surface area contributed by atoms with E-state index in [1.165, 1.54) is 0 Å². The minimum atomic E-state index is -0.110. The topological polar surface area (TPSA) is 56.6 Å². The third-order valence-corrected chi connectivity index (χ3v) is 3.34. The second-order valence-corrected chi connectivity index (χ2v) is 4.87. The number of aryl methyl sites for hydroxylation is 1. The second-order valence-electron chi connectivity index (χ2n) is 4.03. The first kappa shape index (κ1) is 12.9. The maximum absolute atomic E-state index is 12.3. The molecule has 5 heteroatoms. The van der Waals surface area contributed by atoms with Crippen LogP contribution in [0.3, 0.4) is 0 Å². The van der Waals surface area contributed by atoms with Crippen molar-refractivity contribution in [3.8, 4) is 6.07 Å². The standard InChI is InChI=1S/C13H10Cl2N2O/c1-7-9(3-2-4-16)13(18)10-5-8(14)6-11(15)12(10)17-7/h5-6H,2-3H2,1H3,(H,17,18). The van der Waals surface area contributed by atoms with Crippen LogP contribution in [0.1, 0.15) is 17.7 Å². The second kappa shape index (κ2) is 5.01. The number of benzene rings is 1. The summed E-state index contributed by atoms with van der Waals surface area (Å²) in [6.07, 6.45) is 0.738. The van der Waals surface area contributed by atoms with E-state index in [9.17, 15) is 4.79 Å². The van der Waals surface area contributed by atoms with E-state index in [2.05, 4.69) is 4.98 Å². The molecule has 1 aromatic heterocycles. The monoisotopic (exact) mass is 280 g/mol. The van der Waals surface area contributed by atoms with Crippen LogP contribution in [0, 0.1) is 18.3 Å². The molecule has 0 fully saturated rings. The Morgan fingerprint density at radius 1 is 1.39 bits per heavy atom. The van der Waals surface area contributed by atoms with Crippen molar-refractivity contribution in [2.24, 2.45) is 0 Å². The molecule has 0 amide bonds. The van der Waals surface area contributed by atoms with Gasteiger partial charge in [-0.05, 0) is 25.5 Å².